The van der Waals surface area contributed by atoms with Crippen molar-refractivity contribution >= 4 is 10.0 Å². The van der Waals surface area contributed by atoms with Gasteiger partial charge in [0.1, 0.15) is 16.3 Å². The van der Waals surface area contributed by atoms with Crippen LogP contribution in [-0.4, -0.2) is 18.9 Å². The molecule has 1 saturated carbocycles. The molecule has 5 nitrogen and oxygen atoms in total. The van der Waals surface area contributed by atoms with Crippen LogP contribution < -0.4 is 4.72 Å². The highest BCUT2D eigenvalue weighted by atomic mass is 32.2. The Labute approximate surface area is 117 Å². The van der Waals surface area contributed by atoms with E-state index >= 15 is 0 Å². The third-order valence-electron chi connectivity index (χ3n) is 3.66. The smallest absolute Gasteiger partial charge is 0.243 e. The number of hydrogen-bond donors (Lipinski definition) is 1. The van der Waals surface area contributed by atoms with Gasteiger partial charge in [0.05, 0.1) is 12.3 Å². The van der Waals surface area contributed by atoms with Gasteiger partial charge in [0.25, 0.3) is 0 Å². The minimum atomic E-state index is -3.95. The number of halogens is 1. The summed E-state index contributed by atoms with van der Waals surface area (Å²) in [5.41, 5.74) is -1.10. The van der Waals surface area contributed by atoms with Gasteiger partial charge in [-0.3, -0.25) is 4.98 Å². The topological polar surface area (TPSA) is 82.9 Å². The maximum atomic E-state index is 13.1. The molecule has 1 aromatic rings. The number of hydrogen-bond acceptors (Lipinski definition) is 4. The zero-order valence-electron chi connectivity index (χ0n) is 11.1. The highest BCUT2D eigenvalue weighted by Crippen LogP contribution is 2.32. The Bertz CT molecular complexity index is 631. The summed E-state index contributed by atoms with van der Waals surface area (Å²) in [6.45, 7) is 2.08. The van der Waals surface area contributed by atoms with Crippen LogP contribution in [0, 0.1) is 23.1 Å². The van der Waals surface area contributed by atoms with Gasteiger partial charge in [-0.1, -0.05) is 6.92 Å². The van der Waals surface area contributed by atoms with Gasteiger partial charge in [0, 0.05) is 6.20 Å². The summed E-state index contributed by atoms with van der Waals surface area (Å²) in [4.78, 5) is 3.27. The van der Waals surface area contributed by atoms with E-state index in [2.05, 4.69) is 22.7 Å². The molecule has 0 aromatic carbocycles. The molecule has 20 heavy (non-hydrogen) atoms. The molecule has 1 aromatic heterocycles. The van der Waals surface area contributed by atoms with Crippen LogP contribution in [0.3, 0.4) is 0 Å². The monoisotopic (exact) mass is 297 g/mol. The van der Waals surface area contributed by atoms with Crippen molar-refractivity contribution in [3.63, 3.8) is 0 Å². The second-order valence-corrected chi connectivity index (χ2v) is 7.00. The molecular weight excluding hydrogens is 281 g/mol. The summed E-state index contributed by atoms with van der Waals surface area (Å²) in [6, 6.07) is 2.97. The molecule has 2 rings (SSSR count). The Hall–Kier alpha value is -1.52. The largest absolute Gasteiger partial charge is 0.260 e. The fraction of sp³-hybridized carbons (Fsp3) is 0.538. The summed E-state index contributed by atoms with van der Waals surface area (Å²) < 4.78 is 40.0. The van der Waals surface area contributed by atoms with Crippen molar-refractivity contribution in [1.82, 2.24) is 9.71 Å². The molecular formula is C13H16FN3O2S. The van der Waals surface area contributed by atoms with Crippen molar-refractivity contribution < 1.29 is 12.8 Å². The first-order valence-electron chi connectivity index (χ1n) is 6.43. The minimum Gasteiger partial charge on any atom is -0.260 e. The molecule has 1 N–H and O–H groups in total. The molecule has 0 unspecified atom stereocenters. The number of pyridine rings is 1. The lowest BCUT2D eigenvalue weighted by atomic mass is 9.79. The lowest BCUT2D eigenvalue weighted by Crippen LogP contribution is -2.49. The first-order chi connectivity index (χ1) is 9.37. The summed E-state index contributed by atoms with van der Waals surface area (Å²) in [6.07, 6.45) is 4.51. The van der Waals surface area contributed by atoms with Gasteiger partial charge >= 0.3 is 0 Å². The molecule has 7 heteroatoms. The number of nitrogens with zero attached hydrogens (tertiary/aromatic N) is 2. The van der Waals surface area contributed by atoms with Gasteiger partial charge in [0.15, 0.2) is 0 Å². The number of rotatable bonds is 3. The van der Waals surface area contributed by atoms with E-state index < -0.39 is 21.4 Å². The third kappa shape index (κ3) is 3.14. The molecule has 1 fully saturated rings. The number of nitriles is 1. The maximum Gasteiger partial charge on any atom is 0.243 e. The molecule has 108 valence electrons. The Morgan fingerprint density at radius 1 is 1.45 bits per heavy atom. The van der Waals surface area contributed by atoms with E-state index in [1.807, 2.05) is 0 Å². The lowest BCUT2D eigenvalue weighted by molar-refractivity contribution is 0.278. The van der Waals surface area contributed by atoms with Crippen LogP contribution in [0.4, 0.5) is 4.39 Å². The summed E-state index contributed by atoms with van der Waals surface area (Å²) in [5, 5.41) is 9.33. The fourth-order valence-corrected chi connectivity index (χ4v) is 3.70. The van der Waals surface area contributed by atoms with Crippen molar-refractivity contribution in [2.75, 3.05) is 0 Å². The zero-order chi connectivity index (χ0) is 14.8. The van der Waals surface area contributed by atoms with Crippen molar-refractivity contribution in [3.05, 3.63) is 24.3 Å². The Morgan fingerprint density at radius 2 is 2.10 bits per heavy atom. The first kappa shape index (κ1) is 14.9. The van der Waals surface area contributed by atoms with Crippen LogP contribution in [0.5, 0.6) is 0 Å². The molecule has 1 aliphatic carbocycles. The summed E-state index contributed by atoms with van der Waals surface area (Å²) in [5.74, 6) is -0.243. The molecule has 0 bridgehead atoms. The van der Waals surface area contributed by atoms with Crippen LogP contribution in [0.1, 0.15) is 32.6 Å². The predicted octanol–water partition coefficient (Wildman–Crippen LogP) is 1.97. The molecule has 1 heterocycles. The Balaban J connectivity index is 2.25. The van der Waals surface area contributed by atoms with Crippen LogP contribution in [0.2, 0.25) is 0 Å². The number of aromatic nitrogens is 1. The van der Waals surface area contributed by atoms with Gasteiger partial charge in [0.2, 0.25) is 10.0 Å². The number of nitrogens with one attached hydrogen (secondary N) is 1. The lowest BCUT2D eigenvalue weighted by Gasteiger charge is -2.33. The second-order valence-electron chi connectivity index (χ2n) is 5.32. The van der Waals surface area contributed by atoms with E-state index in [1.54, 1.807) is 0 Å². The van der Waals surface area contributed by atoms with Crippen molar-refractivity contribution in [2.45, 2.75) is 43.0 Å². The molecule has 0 amide bonds. The third-order valence-corrected chi connectivity index (χ3v) is 5.16. The first-order valence-corrected chi connectivity index (χ1v) is 7.91. The van der Waals surface area contributed by atoms with Crippen molar-refractivity contribution in [1.29, 1.82) is 5.26 Å². The van der Waals surface area contributed by atoms with E-state index in [4.69, 9.17) is 0 Å². The highest BCUT2D eigenvalue weighted by molar-refractivity contribution is 7.89. The van der Waals surface area contributed by atoms with Gasteiger partial charge in [-0.2, -0.15) is 9.98 Å². The van der Waals surface area contributed by atoms with Gasteiger partial charge in [-0.25, -0.2) is 12.8 Å². The SMILES string of the molecule is CC1CCC(C#N)(NS(=O)(=O)c2cncc(F)c2)CC1. The summed E-state index contributed by atoms with van der Waals surface area (Å²) >= 11 is 0. The average Bonchev–Trinajstić information content (AvgIpc) is 2.41. The van der Waals surface area contributed by atoms with Crippen LogP contribution in [-0.2, 0) is 10.0 Å². The van der Waals surface area contributed by atoms with Gasteiger partial charge in [-0.15, -0.1) is 0 Å². The van der Waals surface area contributed by atoms with Crippen molar-refractivity contribution in [2.24, 2.45) is 5.92 Å². The Kier molecular flexibility index (Phi) is 4.06. The molecule has 1 aliphatic rings. The predicted molar refractivity (Wildman–Crippen MR) is 70.5 cm³/mol. The van der Waals surface area contributed by atoms with E-state index in [9.17, 15) is 18.1 Å². The normalized spacial score (nSPS) is 26.9. The Morgan fingerprint density at radius 3 is 2.65 bits per heavy atom. The standard InChI is InChI=1S/C13H16FN3O2S/c1-10-2-4-13(9-15,5-3-10)17-20(18,19)12-6-11(14)7-16-8-12/h6-8,10,17H,2-5H2,1H3. The van der Waals surface area contributed by atoms with E-state index in [0.717, 1.165) is 31.3 Å². The quantitative estimate of drug-likeness (QED) is 0.924. The van der Waals surface area contributed by atoms with Gasteiger partial charge in [-0.05, 0) is 37.7 Å². The zero-order valence-corrected chi connectivity index (χ0v) is 12.0. The van der Waals surface area contributed by atoms with Crippen molar-refractivity contribution in [3.8, 4) is 6.07 Å². The second kappa shape index (κ2) is 5.46. The van der Waals surface area contributed by atoms with E-state index in [1.165, 1.54) is 0 Å². The van der Waals surface area contributed by atoms with E-state index in [-0.39, 0.29) is 4.90 Å². The summed E-state index contributed by atoms with van der Waals surface area (Å²) in [7, 11) is -3.95. The van der Waals surface area contributed by atoms with Crippen LogP contribution >= 0.6 is 0 Å². The maximum absolute atomic E-state index is 13.1. The number of sulfonamides is 1. The highest BCUT2D eigenvalue weighted by Gasteiger charge is 2.38. The van der Waals surface area contributed by atoms with Crippen LogP contribution in [0.25, 0.3) is 0 Å². The molecule has 0 atom stereocenters. The van der Waals surface area contributed by atoms with Crippen LogP contribution in [0.15, 0.2) is 23.4 Å². The average molecular weight is 297 g/mol. The van der Waals surface area contributed by atoms with E-state index in [0.29, 0.717) is 18.8 Å². The molecule has 0 radical (unpaired) electrons. The fourth-order valence-electron chi connectivity index (χ4n) is 2.35. The molecule has 0 saturated heterocycles. The minimum absolute atomic E-state index is 0.259. The molecule has 0 aliphatic heterocycles. The van der Waals surface area contributed by atoms with Gasteiger partial charge < -0.3 is 0 Å². The molecule has 0 spiro atoms.